The van der Waals surface area contributed by atoms with Gasteiger partial charge in [-0.05, 0) is 18.1 Å². The monoisotopic (exact) mass is 236 g/mol. The fraction of sp³-hybridized carbons (Fsp3) is 0.417. The Kier molecular flexibility index (Phi) is 3.39. The topological polar surface area (TPSA) is 32.3 Å². The van der Waals surface area contributed by atoms with Gasteiger partial charge in [-0.15, -0.1) is 11.8 Å². The van der Waals surface area contributed by atoms with Gasteiger partial charge in [-0.25, -0.2) is 4.79 Å². The maximum absolute atomic E-state index is 11.9. The zero-order chi connectivity index (χ0) is 11.5. The highest BCUT2D eigenvalue weighted by molar-refractivity contribution is 8.00. The summed E-state index contributed by atoms with van der Waals surface area (Å²) in [5.74, 6) is 1.19. The average Bonchev–Trinajstić information content (AvgIpc) is 2.30. The van der Waals surface area contributed by atoms with Crippen LogP contribution in [-0.2, 0) is 0 Å². The second-order valence-electron chi connectivity index (χ2n) is 4.17. The molecule has 0 spiro atoms. The third-order valence-corrected chi connectivity index (χ3v) is 4.00. The lowest BCUT2D eigenvalue weighted by Gasteiger charge is -2.34. The quantitative estimate of drug-likeness (QED) is 0.856. The van der Waals surface area contributed by atoms with E-state index < -0.39 is 0 Å². The molecule has 2 rings (SSSR count). The zero-order valence-corrected chi connectivity index (χ0v) is 10.3. The molecule has 3 nitrogen and oxygen atoms in total. The molecule has 1 atom stereocenters. The number of rotatable bonds is 2. The first-order chi connectivity index (χ1) is 7.68. The van der Waals surface area contributed by atoms with E-state index in [9.17, 15) is 4.79 Å². The minimum Gasteiger partial charge on any atom is -0.326 e. The van der Waals surface area contributed by atoms with E-state index in [1.165, 1.54) is 0 Å². The highest BCUT2D eigenvalue weighted by Crippen LogP contribution is 2.26. The summed E-state index contributed by atoms with van der Waals surface area (Å²) in [7, 11) is 0. The SMILES string of the molecule is CC(C)C1NC(=O)N(c2ccccc2)CS1. The van der Waals surface area contributed by atoms with E-state index in [2.05, 4.69) is 19.2 Å². The van der Waals surface area contributed by atoms with E-state index in [1.807, 2.05) is 30.3 Å². The number of anilines is 1. The molecular weight excluding hydrogens is 220 g/mol. The van der Waals surface area contributed by atoms with Crippen molar-refractivity contribution in [3.63, 3.8) is 0 Å². The van der Waals surface area contributed by atoms with E-state index in [1.54, 1.807) is 16.7 Å². The minimum atomic E-state index is 0.00338. The molecule has 1 heterocycles. The molecule has 1 unspecified atom stereocenters. The van der Waals surface area contributed by atoms with Crippen LogP contribution in [0, 0.1) is 5.92 Å². The largest absolute Gasteiger partial charge is 0.326 e. The fourth-order valence-electron chi connectivity index (χ4n) is 1.61. The van der Waals surface area contributed by atoms with E-state index in [4.69, 9.17) is 0 Å². The van der Waals surface area contributed by atoms with Gasteiger partial charge in [-0.3, -0.25) is 4.90 Å². The van der Waals surface area contributed by atoms with Crippen molar-refractivity contribution in [1.29, 1.82) is 0 Å². The summed E-state index contributed by atoms with van der Waals surface area (Å²) in [4.78, 5) is 13.7. The molecule has 1 aromatic rings. The van der Waals surface area contributed by atoms with Crippen molar-refractivity contribution in [3.8, 4) is 0 Å². The van der Waals surface area contributed by atoms with Gasteiger partial charge < -0.3 is 5.32 Å². The molecule has 1 saturated heterocycles. The van der Waals surface area contributed by atoms with Gasteiger partial charge in [0.05, 0.1) is 11.3 Å². The summed E-state index contributed by atoms with van der Waals surface area (Å²) in [6.07, 6.45) is 0. The van der Waals surface area contributed by atoms with Crippen LogP contribution in [0.25, 0.3) is 0 Å². The Morgan fingerprint density at radius 3 is 2.62 bits per heavy atom. The number of benzene rings is 1. The van der Waals surface area contributed by atoms with Crippen molar-refractivity contribution in [2.75, 3.05) is 10.8 Å². The Bertz CT molecular complexity index is 367. The molecule has 1 aliphatic heterocycles. The van der Waals surface area contributed by atoms with Gasteiger partial charge in [0.2, 0.25) is 0 Å². The third-order valence-electron chi connectivity index (χ3n) is 2.57. The third kappa shape index (κ3) is 2.32. The normalized spacial score (nSPS) is 21.1. The molecule has 0 aliphatic carbocycles. The zero-order valence-electron chi connectivity index (χ0n) is 9.51. The number of hydrogen-bond acceptors (Lipinski definition) is 2. The van der Waals surface area contributed by atoms with Gasteiger partial charge in [0, 0.05) is 5.69 Å². The summed E-state index contributed by atoms with van der Waals surface area (Å²) in [6.45, 7) is 4.24. The number of para-hydroxylation sites is 1. The van der Waals surface area contributed by atoms with Gasteiger partial charge in [0.15, 0.2) is 0 Å². The lowest BCUT2D eigenvalue weighted by molar-refractivity contribution is 0.243. The van der Waals surface area contributed by atoms with E-state index in [0.717, 1.165) is 11.6 Å². The molecule has 1 aliphatic rings. The number of carbonyl (C=O) groups excluding carboxylic acids is 1. The second kappa shape index (κ2) is 4.78. The van der Waals surface area contributed by atoms with Crippen LogP contribution in [0.3, 0.4) is 0 Å². The first-order valence-corrected chi connectivity index (χ1v) is 6.48. The van der Waals surface area contributed by atoms with Gasteiger partial charge in [-0.2, -0.15) is 0 Å². The Hall–Kier alpha value is -1.16. The van der Waals surface area contributed by atoms with Crippen molar-refractivity contribution in [3.05, 3.63) is 30.3 Å². The summed E-state index contributed by atoms with van der Waals surface area (Å²) >= 11 is 1.77. The summed E-state index contributed by atoms with van der Waals surface area (Å²) < 4.78 is 0. The number of amides is 2. The van der Waals surface area contributed by atoms with Crippen LogP contribution in [0.15, 0.2) is 30.3 Å². The number of carbonyl (C=O) groups is 1. The summed E-state index contributed by atoms with van der Waals surface area (Å²) in [5.41, 5.74) is 0.953. The molecule has 0 saturated carbocycles. The smallest absolute Gasteiger partial charge is 0.323 e. The highest BCUT2D eigenvalue weighted by atomic mass is 32.2. The molecule has 86 valence electrons. The van der Waals surface area contributed by atoms with E-state index in [-0.39, 0.29) is 11.4 Å². The number of thioether (sulfide) groups is 1. The van der Waals surface area contributed by atoms with Gasteiger partial charge in [0.25, 0.3) is 0 Å². The van der Waals surface area contributed by atoms with Crippen molar-refractivity contribution < 1.29 is 4.79 Å². The Labute approximate surface area is 100 Å². The Balaban J connectivity index is 2.08. The first-order valence-electron chi connectivity index (χ1n) is 5.43. The predicted molar refractivity (Wildman–Crippen MR) is 68.5 cm³/mol. The van der Waals surface area contributed by atoms with Crippen LogP contribution < -0.4 is 10.2 Å². The fourth-order valence-corrected chi connectivity index (χ4v) is 2.76. The van der Waals surface area contributed by atoms with Crippen LogP contribution in [0.2, 0.25) is 0 Å². The van der Waals surface area contributed by atoms with Crippen molar-refractivity contribution in [2.24, 2.45) is 5.92 Å². The van der Waals surface area contributed by atoms with Gasteiger partial charge in [-0.1, -0.05) is 32.0 Å². The maximum atomic E-state index is 11.9. The molecule has 2 amide bonds. The molecule has 1 N–H and O–H groups in total. The molecular formula is C12H16N2OS. The van der Waals surface area contributed by atoms with Crippen molar-refractivity contribution >= 4 is 23.5 Å². The average molecular weight is 236 g/mol. The van der Waals surface area contributed by atoms with Crippen LogP contribution >= 0.6 is 11.8 Å². The van der Waals surface area contributed by atoms with E-state index >= 15 is 0 Å². The Morgan fingerprint density at radius 1 is 1.38 bits per heavy atom. The standard InChI is InChI=1S/C12H16N2OS/c1-9(2)11-13-12(15)14(8-16-11)10-6-4-3-5-7-10/h3-7,9,11H,8H2,1-2H3,(H,13,15). The molecule has 4 heteroatoms. The first kappa shape index (κ1) is 11.3. The number of urea groups is 1. The summed E-state index contributed by atoms with van der Waals surface area (Å²) in [6, 6.07) is 9.76. The lowest BCUT2D eigenvalue weighted by atomic mass is 10.2. The van der Waals surface area contributed by atoms with Crippen molar-refractivity contribution in [2.45, 2.75) is 19.2 Å². The van der Waals surface area contributed by atoms with Gasteiger partial charge >= 0.3 is 6.03 Å². The van der Waals surface area contributed by atoms with Crippen LogP contribution in [0.4, 0.5) is 10.5 Å². The van der Waals surface area contributed by atoms with Crippen LogP contribution in [0.5, 0.6) is 0 Å². The predicted octanol–water partition coefficient (Wildman–Crippen LogP) is 2.89. The van der Waals surface area contributed by atoms with Gasteiger partial charge in [0.1, 0.15) is 0 Å². The minimum absolute atomic E-state index is 0.00338. The second-order valence-corrected chi connectivity index (χ2v) is 5.27. The molecule has 0 bridgehead atoms. The Morgan fingerprint density at radius 2 is 2.06 bits per heavy atom. The maximum Gasteiger partial charge on any atom is 0.323 e. The molecule has 1 aromatic carbocycles. The molecule has 0 aromatic heterocycles. The summed E-state index contributed by atoms with van der Waals surface area (Å²) in [5, 5.41) is 3.24. The number of nitrogens with one attached hydrogen (secondary N) is 1. The highest BCUT2D eigenvalue weighted by Gasteiger charge is 2.27. The van der Waals surface area contributed by atoms with Crippen LogP contribution in [0.1, 0.15) is 13.8 Å². The molecule has 1 fully saturated rings. The molecule has 0 radical (unpaired) electrons. The van der Waals surface area contributed by atoms with Crippen LogP contribution in [-0.4, -0.2) is 17.3 Å². The number of hydrogen-bond donors (Lipinski definition) is 1. The lowest BCUT2D eigenvalue weighted by Crippen LogP contribution is -2.50. The van der Waals surface area contributed by atoms with Crippen molar-refractivity contribution in [1.82, 2.24) is 5.32 Å². The number of nitrogens with zero attached hydrogens (tertiary/aromatic N) is 1. The molecule has 16 heavy (non-hydrogen) atoms. The van der Waals surface area contributed by atoms with E-state index in [0.29, 0.717) is 5.92 Å².